The number of halogens is 1. The lowest BCUT2D eigenvalue weighted by Crippen LogP contribution is -2.55. The maximum absolute atomic E-state index is 14.5. The summed E-state index contributed by atoms with van der Waals surface area (Å²) < 4.78 is 21.6. The summed E-state index contributed by atoms with van der Waals surface area (Å²) in [5, 5.41) is 11.8. The van der Waals surface area contributed by atoms with Gasteiger partial charge in [-0.1, -0.05) is 0 Å². The molecule has 5 rings (SSSR count). The van der Waals surface area contributed by atoms with Gasteiger partial charge in [-0.2, -0.15) is 5.10 Å². The van der Waals surface area contributed by atoms with Crippen LogP contribution in [0.15, 0.2) is 42.9 Å². The van der Waals surface area contributed by atoms with Crippen LogP contribution in [0.4, 0.5) is 20.6 Å². The average molecular weight is 520 g/mol. The number of amides is 2. The van der Waals surface area contributed by atoms with Gasteiger partial charge in [0.15, 0.2) is 11.5 Å². The van der Waals surface area contributed by atoms with Gasteiger partial charge in [0.2, 0.25) is 0 Å². The molecule has 1 fully saturated rings. The summed E-state index contributed by atoms with van der Waals surface area (Å²) >= 11 is 0. The number of aryl methyl sites for hydroxylation is 1. The topological polar surface area (TPSA) is 105 Å². The Bertz CT molecular complexity index is 1550. The lowest BCUT2D eigenvalue weighted by molar-refractivity contribution is 0.0159. The molecule has 10 nitrogen and oxygen atoms in total. The van der Waals surface area contributed by atoms with Crippen molar-refractivity contribution in [1.29, 1.82) is 0 Å². The summed E-state index contributed by atoms with van der Waals surface area (Å²) in [6.45, 7) is 11.0. The van der Waals surface area contributed by atoms with Gasteiger partial charge in [0.25, 0.3) is 5.91 Å². The van der Waals surface area contributed by atoms with E-state index >= 15 is 0 Å². The van der Waals surface area contributed by atoms with Crippen molar-refractivity contribution in [2.75, 3.05) is 29.9 Å². The standard InChI is InChI=1S/C27H30FN7O3/c1-16-13-34-15-18(12-21(28)24(34)30-16)31-25(36)20-6-7-22(19-8-9-29-32-23(19)20)33-10-11-35(17(2)14-33)26(37)38-27(3,4)5/h6-9,12-13,15,17H,10-11,14H2,1-5H3,(H,31,36). The zero-order chi connectivity index (χ0) is 27.2. The number of hydrogen-bond donors (Lipinski definition) is 1. The van der Waals surface area contributed by atoms with Crippen LogP contribution in [0.2, 0.25) is 0 Å². The van der Waals surface area contributed by atoms with E-state index < -0.39 is 17.3 Å². The third kappa shape index (κ3) is 4.96. The number of nitrogens with zero attached hydrogens (tertiary/aromatic N) is 6. The van der Waals surface area contributed by atoms with Gasteiger partial charge < -0.3 is 24.3 Å². The Hall–Kier alpha value is -4.28. The fraction of sp³-hybridized carbons (Fsp3) is 0.370. The van der Waals surface area contributed by atoms with Crippen molar-refractivity contribution in [3.8, 4) is 0 Å². The molecule has 1 N–H and O–H groups in total. The Balaban J connectivity index is 1.39. The zero-order valence-electron chi connectivity index (χ0n) is 22.0. The quantitative estimate of drug-likeness (QED) is 0.427. The van der Waals surface area contributed by atoms with E-state index in [-0.39, 0.29) is 17.8 Å². The summed E-state index contributed by atoms with van der Waals surface area (Å²) in [6.07, 6.45) is 4.56. The van der Waals surface area contributed by atoms with Crippen molar-refractivity contribution in [2.24, 2.45) is 0 Å². The number of piperazine rings is 1. The average Bonchev–Trinajstić information content (AvgIpc) is 3.22. The number of benzene rings is 1. The van der Waals surface area contributed by atoms with Crippen molar-refractivity contribution in [3.05, 3.63) is 59.9 Å². The van der Waals surface area contributed by atoms with E-state index in [0.717, 1.165) is 11.1 Å². The molecule has 1 aliphatic rings. The predicted molar refractivity (Wildman–Crippen MR) is 142 cm³/mol. The molecule has 3 aromatic heterocycles. The minimum absolute atomic E-state index is 0.0805. The van der Waals surface area contributed by atoms with Crippen LogP contribution in [0.3, 0.4) is 0 Å². The maximum atomic E-state index is 14.5. The second kappa shape index (κ2) is 9.55. The van der Waals surface area contributed by atoms with Crippen LogP contribution in [-0.4, -0.2) is 67.8 Å². The Morgan fingerprint density at radius 2 is 1.95 bits per heavy atom. The fourth-order valence-corrected chi connectivity index (χ4v) is 4.74. The second-order valence-electron chi connectivity index (χ2n) is 10.5. The first-order valence-electron chi connectivity index (χ1n) is 12.5. The van der Waals surface area contributed by atoms with Crippen molar-refractivity contribution in [1.82, 2.24) is 24.5 Å². The van der Waals surface area contributed by atoms with Crippen LogP contribution in [0.1, 0.15) is 43.7 Å². The summed E-state index contributed by atoms with van der Waals surface area (Å²) in [5.74, 6) is -0.962. The molecular formula is C27H30FN7O3. The monoisotopic (exact) mass is 519 g/mol. The smallest absolute Gasteiger partial charge is 0.410 e. The number of carbonyl (C=O) groups excluding carboxylic acids is 2. The van der Waals surface area contributed by atoms with Gasteiger partial charge in [0, 0.05) is 55.2 Å². The van der Waals surface area contributed by atoms with Crippen LogP contribution in [0.25, 0.3) is 16.6 Å². The molecule has 1 atom stereocenters. The molecule has 1 saturated heterocycles. The second-order valence-corrected chi connectivity index (χ2v) is 10.5. The number of nitrogens with one attached hydrogen (secondary N) is 1. The van der Waals surface area contributed by atoms with Crippen molar-refractivity contribution >= 4 is 39.9 Å². The molecule has 0 spiro atoms. The first-order valence-corrected chi connectivity index (χ1v) is 12.5. The SMILES string of the molecule is Cc1cn2cc(NC(=O)c3ccc(N4CCN(C(=O)OC(C)(C)C)C(C)C4)c4ccnnc34)cc(F)c2n1. The number of carbonyl (C=O) groups is 2. The molecule has 0 radical (unpaired) electrons. The highest BCUT2D eigenvalue weighted by molar-refractivity contribution is 6.13. The van der Waals surface area contributed by atoms with E-state index in [1.54, 1.807) is 40.9 Å². The summed E-state index contributed by atoms with van der Waals surface area (Å²) in [4.78, 5) is 33.9. The first-order chi connectivity index (χ1) is 18.0. The molecule has 4 aromatic rings. The molecule has 4 heterocycles. The fourth-order valence-electron chi connectivity index (χ4n) is 4.74. The maximum Gasteiger partial charge on any atom is 0.410 e. The van der Waals surface area contributed by atoms with Crippen molar-refractivity contribution < 1.29 is 18.7 Å². The van der Waals surface area contributed by atoms with Crippen molar-refractivity contribution in [2.45, 2.75) is 46.3 Å². The first kappa shape index (κ1) is 25.4. The van der Waals surface area contributed by atoms with Gasteiger partial charge in [-0.15, -0.1) is 5.10 Å². The normalized spacial score (nSPS) is 16.2. The van der Waals surface area contributed by atoms with Crippen LogP contribution >= 0.6 is 0 Å². The molecule has 2 amide bonds. The minimum atomic E-state index is -0.561. The van der Waals surface area contributed by atoms with E-state index in [1.165, 1.54) is 6.07 Å². The highest BCUT2D eigenvalue weighted by atomic mass is 19.1. The van der Waals surface area contributed by atoms with Gasteiger partial charge in [-0.3, -0.25) is 4.79 Å². The Kier molecular flexibility index (Phi) is 6.38. The molecule has 0 saturated carbocycles. The van der Waals surface area contributed by atoms with Gasteiger partial charge in [-0.05, 0) is 52.8 Å². The highest BCUT2D eigenvalue weighted by Crippen LogP contribution is 2.30. The predicted octanol–water partition coefficient (Wildman–Crippen LogP) is 4.42. The Morgan fingerprint density at radius 1 is 1.16 bits per heavy atom. The van der Waals surface area contributed by atoms with E-state index in [9.17, 15) is 14.0 Å². The molecule has 1 aliphatic heterocycles. The molecule has 1 aromatic carbocycles. The highest BCUT2D eigenvalue weighted by Gasteiger charge is 2.31. The largest absolute Gasteiger partial charge is 0.444 e. The van der Waals surface area contributed by atoms with E-state index in [4.69, 9.17) is 4.74 Å². The summed E-state index contributed by atoms with van der Waals surface area (Å²) in [6, 6.07) is 6.55. The van der Waals surface area contributed by atoms with Gasteiger partial charge in [-0.25, -0.2) is 14.2 Å². The number of anilines is 2. The molecule has 0 bridgehead atoms. The van der Waals surface area contributed by atoms with Gasteiger partial charge in [0.1, 0.15) is 11.1 Å². The Morgan fingerprint density at radius 3 is 2.68 bits per heavy atom. The van der Waals surface area contributed by atoms with Crippen LogP contribution < -0.4 is 10.2 Å². The number of fused-ring (bicyclic) bond motifs is 2. The lowest BCUT2D eigenvalue weighted by atomic mass is 10.1. The number of aromatic nitrogens is 4. The van der Waals surface area contributed by atoms with Gasteiger partial charge in [0.05, 0.1) is 23.1 Å². The molecule has 198 valence electrons. The van der Waals surface area contributed by atoms with E-state index in [0.29, 0.717) is 42.1 Å². The van der Waals surface area contributed by atoms with Crippen LogP contribution in [0, 0.1) is 12.7 Å². The zero-order valence-corrected chi connectivity index (χ0v) is 22.0. The van der Waals surface area contributed by atoms with Gasteiger partial charge >= 0.3 is 6.09 Å². The third-order valence-electron chi connectivity index (χ3n) is 6.39. The number of pyridine rings is 1. The Labute approximate surface area is 219 Å². The number of imidazole rings is 1. The number of ether oxygens (including phenoxy) is 1. The van der Waals surface area contributed by atoms with E-state index in [2.05, 4.69) is 25.4 Å². The lowest BCUT2D eigenvalue weighted by Gasteiger charge is -2.41. The molecular weight excluding hydrogens is 489 g/mol. The minimum Gasteiger partial charge on any atom is -0.444 e. The number of rotatable bonds is 3. The molecule has 0 aliphatic carbocycles. The molecule has 38 heavy (non-hydrogen) atoms. The summed E-state index contributed by atoms with van der Waals surface area (Å²) in [5.41, 5.74) is 2.25. The van der Waals surface area contributed by atoms with Crippen molar-refractivity contribution in [3.63, 3.8) is 0 Å². The molecule has 1 unspecified atom stereocenters. The third-order valence-corrected chi connectivity index (χ3v) is 6.39. The molecule has 11 heteroatoms. The van der Waals surface area contributed by atoms with E-state index in [1.807, 2.05) is 39.8 Å². The number of hydrogen-bond acceptors (Lipinski definition) is 7. The van der Waals surface area contributed by atoms with Crippen LogP contribution in [0.5, 0.6) is 0 Å². The van der Waals surface area contributed by atoms with Crippen LogP contribution in [-0.2, 0) is 4.74 Å². The summed E-state index contributed by atoms with van der Waals surface area (Å²) in [7, 11) is 0.